The van der Waals surface area contributed by atoms with E-state index in [9.17, 15) is 4.79 Å². The minimum atomic E-state index is -1.69. The van der Waals surface area contributed by atoms with Crippen LogP contribution in [-0.2, 0) is 9.53 Å². The summed E-state index contributed by atoms with van der Waals surface area (Å²) in [5, 5.41) is 69.6. The molecule has 8 N–H and O–H groups in total. The van der Waals surface area contributed by atoms with Gasteiger partial charge in [-0.05, 0) is 6.92 Å². The molecule has 0 amide bonds. The number of ether oxygens (including phenoxy) is 1. The quantitative estimate of drug-likeness (QED) is 0.249. The molecule has 0 saturated carbocycles. The molecule has 7 atom stereocenters. The molecule has 1 aliphatic heterocycles. The van der Waals surface area contributed by atoms with Gasteiger partial charge < -0.3 is 45.6 Å². The van der Waals surface area contributed by atoms with Crippen molar-refractivity contribution < 1.29 is 50.4 Å². The fourth-order valence-corrected chi connectivity index (χ4v) is 1.44. The number of carbonyl (C=O) groups excluding carboxylic acids is 1. The largest absolute Gasteiger partial charge is 0.394 e. The number of carbonyl (C=O) groups is 1. The molecule has 1 aliphatic rings. The van der Waals surface area contributed by atoms with E-state index in [4.69, 9.17) is 40.9 Å². The lowest BCUT2D eigenvalue weighted by atomic mass is 10.0. The Bertz CT molecular complexity index is 297. The second-order valence-corrected chi connectivity index (χ2v) is 4.52. The van der Waals surface area contributed by atoms with E-state index < -0.39 is 61.9 Å². The first kappa shape index (κ1) is 20.3. The van der Waals surface area contributed by atoms with Crippen LogP contribution < -0.4 is 0 Å². The van der Waals surface area contributed by atoms with E-state index >= 15 is 0 Å². The molecule has 10 nitrogen and oxygen atoms in total. The van der Waals surface area contributed by atoms with Gasteiger partial charge >= 0.3 is 0 Å². The summed E-state index contributed by atoms with van der Waals surface area (Å²) in [6.45, 7) is -0.0336. The van der Waals surface area contributed by atoms with E-state index in [0.29, 0.717) is 0 Å². The first-order valence-corrected chi connectivity index (χ1v) is 6.15. The normalized spacial score (nSPS) is 35.4. The number of hydrogen-bond acceptors (Lipinski definition) is 10. The minimum Gasteiger partial charge on any atom is -0.394 e. The average Bonchev–Trinajstić information content (AvgIpc) is 2.49. The average molecular weight is 314 g/mol. The minimum absolute atomic E-state index is 0.664. The number of rotatable bonds is 4. The van der Waals surface area contributed by atoms with Crippen LogP contribution in [0.3, 0.4) is 0 Å². The topological polar surface area (TPSA) is 188 Å². The molecule has 21 heavy (non-hydrogen) atoms. The zero-order valence-corrected chi connectivity index (χ0v) is 11.3. The number of Topliss-reactive ketones (excluding diaryl/α,β-unsaturated/α-hetero) is 1. The Kier molecular flexibility index (Phi) is 9.04. The van der Waals surface area contributed by atoms with Crippen molar-refractivity contribution >= 4 is 5.78 Å². The SMILES string of the molecule is C[C@@H]1OC(O)[C@H](O)[C@H](O)[C@H]1O.O=C(CO)C(O)C(O)CO. The zero-order valence-electron chi connectivity index (χ0n) is 11.3. The summed E-state index contributed by atoms with van der Waals surface area (Å²) in [5.41, 5.74) is 0. The van der Waals surface area contributed by atoms with Crippen LogP contribution in [0.1, 0.15) is 6.92 Å². The van der Waals surface area contributed by atoms with Crippen LogP contribution >= 0.6 is 0 Å². The lowest BCUT2D eigenvalue weighted by Crippen LogP contribution is -2.56. The van der Waals surface area contributed by atoms with Gasteiger partial charge in [0.2, 0.25) is 0 Å². The summed E-state index contributed by atoms with van der Waals surface area (Å²) in [6.07, 6.45) is -9.18. The van der Waals surface area contributed by atoms with Crippen molar-refractivity contribution in [1.29, 1.82) is 0 Å². The summed E-state index contributed by atoms with van der Waals surface area (Å²) in [5.74, 6) is -0.901. The zero-order chi connectivity index (χ0) is 16.7. The van der Waals surface area contributed by atoms with Crippen LogP contribution in [0.15, 0.2) is 0 Å². The van der Waals surface area contributed by atoms with Crippen LogP contribution in [0.5, 0.6) is 0 Å². The number of hydrogen-bond donors (Lipinski definition) is 8. The first-order chi connectivity index (χ1) is 9.67. The fraction of sp³-hybridized carbons (Fsp3) is 0.909. The van der Waals surface area contributed by atoms with E-state index in [1.807, 2.05) is 0 Å². The van der Waals surface area contributed by atoms with Crippen molar-refractivity contribution in [3.8, 4) is 0 Å². The first-order valence-electron chi connectivity index (χ1n) is 6.15. The van der Waals surface area contributed by atoms with Gasteiger partial charge in [0.1, 0.15) is 37.1 Å². The maximum Gasteiger partial charge on any atom is 0.189 e. The highest BCUT2D eigenvalue weighted by Crippen LogP contribution is 2.18. The molecule has 126 valence electrons. The third-order valence-electron chi connectivity index (χ3n) is 2.86. The maximum atomic E-state index is 10.3. The molecule has 0 aromatic rings. The smallest absolute Gasteiger partial charge is 0.189 e. The molecule has 0 aromatic heterocycles. The van der Waals surface area contributed by atoms with E-state index in [2.05, 4.69) is 4.74 Å². The summed E-state index contributed by atoms with van der Waals surface area (Å²) >= 11 is 0. The molecule has 0 spiro atoms. The van der Waals surface area contributed by atoms with Crippen LogP contribution in [0.25, 0.3) is 0 Å². The van der Waals surface area contributed by atoms with E-state index in [-0.39, 0.29) is 0 Å². The van der Waals surface area contributed by atoms with Crippen LogP contribution in [0, 0.1) is 0 Å². The van der Waals surface area contributed by atoms with Crippen molar-refractivity contribution in [2.45, 2.75) is 49.8 Å². The van der Waals surface area contributed by atoms with Gasteiger partial charge in [0, 0.05) is 0 Å². The standard InChI is InChI=1S/C6H12O5.C5H10O5/c1-2-3(7)4(8)5(9)6(10)11-2;6-1-3(8)5(10)4(9)2-7/h2-10H,1H3;3,5-8,10H,1-2H2/t2-,3-,4+,5+,6?;/m0./s1. The van der Waals surface area contributed by atoms with Gasteiger partial charge in [0.25, 0.3) is 0 Å². The number of aliphatic hydroxyl groups is 8. The predicted molar refractivity (Wildman–Crippen MR) is 65.8 cm³/mol. The highest BCUT2D eigenvalue weighted by molar-refractivity contribution is 5.84. The Hall–Kier alpha value is -0.690. The second kappa shape index (κ2) is 9.35. The molecule has 1 fully saturated rings. The Morgan fingerprint density at radius 1 is 1.05 bits per heavy atom. The van der Waals surface area contributed by atoms with E-state index in [0.717, 1.165) is 0 Å². The van der Waals surface area contributed by atoms with Gasteiger partial charge in [-0.15, -0.1) is 0 Å². The third kappa shape index (κ3) is 5.90. The van der Waals surface area contributed by atoms with Crippen molar-refractivity contribution in [1.82, 2.24) is 0 Å². The van der Waals surface area contributed by atoms with Crippen molar-refractivity contribution in [3.63, 3.8) is 0 Å². The van der Waals surface area contributed by atoms with Crippen molar-refractivity contribution in [2.75, 3.05) is 13.2 Å². The molecule has 0 bridgehead atoms. The lowest BCUT2D eigenvalue weighted by Gasteiger charge is -2.36. The van der Waals surface area contributed by atoms with Crippen molar-refractivity contribution in [2.24, 2.45) is 0 Å². The molecule has 1 heterocycles. The summed E-state index contributed by atoms with van der Waals surface area (Å²) in [7, 11) is 0. The lowest BCUT2D eigenvalue weighted by molar-refractivity contribution is -0.277. The summed E-state index contributed by atoms with van der Waals surface area (Å²) in [4.78, 5) is 10.3. The fourth-order valence-electron chi connectivity index (χ4n) is 1.44. The van der Waals surface area contributed by atoms with Gasteiger partial charge in [-0.3, -0.25) is 4.79 Å². The molecule has 0 aromatic carbocycles. The van der Waals surface area contributed by atoms with Gasteiger partial charge in [0.15, 0.2) is 12.1 Å². The Balaban J connectivity index is 0.000000384. The number of ketones is 1. The number of aliphatic hydroxyl groups excluding tert-OH is 8. The Morgan fingerprint density at radius 2 is 1.57 bits per heavy atom. The molecular formula is C11H22O10. The molecular weight excluding hydrogens is 292 g/mol. The predicted octanol–water partition coefficient (Wildman–Crippen LogP) is -4.93. The van der Waals surface area contributed by atoms with Gasteiger partial charge in [-0.25, -0.2) is 0 Å². The van der Waals surface area contributed by atoms with Gasteiger partial charge in [-0.2, -0.15) is 0 Å². The molecule has 1 rings (SSSR count). The van der Waals surface area contributed by atoms with Crippen molar-refractivity contribution in [3.05, 3.63) is 0 Å². The van der Waals surface area contributed by atoms with E-state index in [1.165, 1.54) is 6.92 Å². The molecule has 0 radical (unpaired) electrons. The third-order valence-corrected chi connectivity index (χ3v) is 2.86. The Morgan fingerprint density at radius 3 is 2.00 bits per heavy atom. The highest BCUT2D eigenvalue weighted by Gasteiger charge is 2.40. The second-order valence-electron chi connectivity index (χ2n) is 4.52. The molecule has 10 heteroatoms. The van der Waals surface area contributed by atoms with Gasteiger partial charge in [0.05, 0.1) is 12.7 Å². The Labute approximate surface area is 120 Å². The van der Waals surface area contributed by atoms with Crippen LogP contribution in [-0.4, -0.2) is 103 Å². The molecule has 0 aliphatic carbocycles. The maximum absolute atomic E-state index is 10.3. The summed E-state index contributed by atoms with van der Waals surface area (Å²) < 4.78 is 4.68. The van der Waals surface area contributed by atoms with Crippen LogP contribution in [0.2, 0.25) is 0 Å². The van der Waals surface area contributed by atoms with Crippen LogP contribution in [0.4, 0.5) is 0 Å². The van der Waals surface area contributed by atoms with E-state index in [1.54, 1.807) is 0 Å². The molecule has 3 unspecified atom stereocenters. The highest BCUT2D eigenvalue weighted by atomic mass is 16.6. The molecule has 1 saturated heterocycles. The van der Waals surface area contributed by atoms with Gasteiger partial charge in [-0.1, -0.05) is 0 Å². The monoisotopic (exact) mass is 314 g/mol. The summed E-state index contributed by atoms with van der Waals surface area (Å²) in [6, 6.07) is 0.